The Morgan fingerprint density at radius 3 is 2.90 bits per heavy atom. The fourth-order valence-electron chi connectivity index (χ4n) is 3.07. The SMILES string of the molecule is N#C[C@@]1(NC(=O)[C@H]2CCCO2)CCc2ccccc2C1. The van der Waals surface area contributed by atoms with Gasteiger partial charge in [0.05, 0.1) is 6.07 Å². The molecular weight excluding hydrogens is 252 g/mol. The molecule has 104 valence electrons. The Labute approximate surface area is 118 Å². The van der Waals surface area contributed by atoms with Gasteiger partial charge in [0.1, 0.15) is 11.6 Å². The first-order valence-corrected chi connectivity index (χ1v) is 7.14. The van der Waals surface area contributed by atoms with E-state index in [1.807, 2.05) is 18.2 Å². The Balaban J connectivity index is 1.76. The highest BCUT2D eigenvalue weighted by Gasteiger charge is 2.38. The Morgan fingerprint density at radius 2 is 2.20 bits per heavy atom. The van der Waals surface area contributed by atoms with Crippen molar-refractivity contribution >= 4 is 5.91 Å². The molecule has 1 aromatic carbocycles. The second-order valence-electron chi connectivity index (χ2n) is 5.63. The molecule has 1 amide bonds. The van der Waals surface area contributed by atoms with Gasteiger partial charge < -0.3 is 10.1 Å². The molecule has 0 saturated carbocycles. The summed E-state index contributed by atoms with van der Waals surface area (Å²) in [4.78, 5) is 12.2. The van der Waals surface area contributed by atoms with Gasteiger partial charge in [-0.1, -0.05) is 24.3 Å². The summed E-state index contributed by atoms with van der Waals surface area (Å²) >= 11 is 0. The summed E-state index contributed by atoms with van der Waals surface area (Å²) in [5, 5.41) is 12.5. The number of amides is 1. The zero-order chi connectivity index (χ0) is 14.0. The standard InChI is InChI=1S/C16H18N2O2/c17-11-16(18-15(19)14-6-3-9-20-14)8-7-12-4-1-2-5-13(12)10-16/h1-2,4-5,14H,3,6-10H2,(H,18,19)/t14-,16-/m1/s1. The van der Waals surface area contributed by atoms with Crippen LogP contribution < -0.4 is 5.32 Å². The van der Waals surface area contributed by atoms with E-state index >= 15 is 0 Å². The summed E-state index contributed by atoms with van der Waals surface area (Å²) in [6.07, 6.45) is 3.37. The van der Waals surface area contributed by atoms with Crippen LogP contribution in [0.1, 0.15) is 30.4 Å². The van der Waals surface area contributed by atoms with Crippen LogP contribution in [-0.4, -0.2) is 24.2 Å². The highest BCUT2D eigenvalue weighted by Crippen LogP contribution is 2.29. The van der Waals surface area contributed by atoms with Crippen LogP contribution in [0.2, 0.25) is 0 Å². The number of hydrogen-bond donors (Lipinski definition) is 1. The molecule has 4 heteroatoms. The summed E-state index contributed by atoms with van der Waals surface area (Å²) in [7, 11) is 0. The summed E-state index contributed by atoms with van der Waals surface area (Å²) in [5.41, 5.74) is 1.66. The Kier molecular flexibility index (Phi) is 3.45. The van der Waals surface area contributed by atoms with Gasteiger partial charge in [0.15, 0.2) is 0 Å². The summed E-state index contributed by atoms with van der Waals surface area (Å²) in [5.74, 6) is -0.136. The van der Waals surface area contributed by atoms with E-state index in [0.29, 0.717) is 19.4 Å². The summed E-state index contributed by atoms with van der Waals surface area (Å²) < 4.78 is 5.39. The molecule has 0 radical (unpaired) electrons. The number of aryl methyl sites for hydroxylation is 1. The number of nitriles is 1. The van der Waals surface area contributed by atoms with E-state index in [2.05, 4.69) is 17.5 Å². The lowest BCUT2D eigenvalue weighted by atomic mass is 9.78. The lowest BCUT2D eigenvalue weighted by Crippen LogP contribution is -2.53. The minimum atomic E-state index is -0.780. The average Bonchev–Trinajstić information content (AvgIpc) is 3.01. The number of benzene rings is 1. The van der Waals surface area contributed by atoms with Gasteiger partial charge in [0.25, 0.3) is 0 Å². The minimum absolute atomic E-state index is 0.136. The molecule has 0 bridgehead atoms. The number of hydrogen-bond acceptors (Lipinski definition) is 3. The van der Waals surface area contributed by atoms with Crippen LogP contribution in [0.25, 0.3) is 0 Å². The Bertz CT molecular complexity index is 558. The first kappa shape index (κ1) is 13.1. The maximum Gasteiger partial charge on any atom is 0.250 e. The second-order valence-corrected chi connectivity index (χ2v) is 5.63. The highest BCUT2D eigenvalue weighted by molar-refractivity contribution is 5.82. The summed E-state index contributed by atoms with van der Waals surface area (Å²) in [6.45, 7) is 0.639. The van der Waals surface area contributed by atoms with Crippen LogP contribution in [0.5, 0.6) is 0 Å². The lowest BCUT2D eigenvalue weighted by molar-refractivity contribution is -0.131. The Hall–Kier alpha value is -1.86. The maximum absolute atomic E-state index is 12.2. The number of carbonyl (C=O) groups is 1. The maximum atomic E-state index is 12.2. The van der Waals surface area contributed by atoms with Crippen molar-refractivity contribution in [2.45, 2.75) is 43.7 Å². The molecule has 4 nitrogen and oxygen atoms in total. The molecule has 3 rings (SSSR count). The highest BCUT2D eigenvalue weighted by atomic mass is 16.5. The van der Waals surface area contributed by atoms with Gasteiger partial charge in [-0.3, -0.25) is 4.79 Å². The van der Waals surface area contributed by atoms with Crippen LogP contribution in [0, 0.1) is 11.3 Å². The number of ether oxygens (including phenoxy) is 1. The molecule has 20 heavy (non-hydrogen) atoms. The third-order valence-corrected chi connectivity index (χ3v) is 4.23. The van der Waals surface area contributed by atoms with Crippen molar-refractivity contribution in [3.63, 3.8) is 0 Å². The lowest BCUT2D eigenvalue weighted by Gasteiger charge is -2.33. The zero-order valence-electron chi connectivity index (χ0n) is 11.4. The molecular formula is C16H18N2O2. The number of nitrogens with one attached hydrogen (secondary N) is 1. The van der Waals surface area contributed by atoms with E-state index in [4.69, 9.17) is 4.74 Å². The van der Waals surface area contributed by atoms with Gasteiger partial charge in [-0.05, 0) is 36.8 Å². The number of rotatable bonds is 2. The Morgan fingerprint density at radius 1 is 1.40 bits per heavy atom. The number of fused-ring (bicyclic) bond motifs is 1. The molecule has 1 saturated heterocycles. The molecule has 1 aromatic rings. The van der Waals surface area contributed by atoms with E-state index < -0.39 is 5.54 Å². The molecule has 0 spiro atoms. The average molecular weight is 270 g/mol. The van der Waals surface area contributed by atoms with Crippen molar-refractivity contribution in [3.05, 3.63) is 35.4 Å². The van der Waals surface area contributed by atoms with E-state index in [9.17, 15) is 10.1 Å². The van der Waals surface area contributed by atoms with Crippen molar-refractivity contribution in [2.24, 2.45) is 0 Å². The van der Waals surface area contributed by atoms with Gasteiger partial charge in [-0.25, -0.2) is 0 Å². The smallest absolute Gasteiger partial charge is 0.250 e. The van der Waals surface area contributed by atoms with Crippen molar-refractivity contribution in [3.8, 4) is 6.07 Å². The van der Waals surface area contributed by atoms with E-state index in [-0.39, 0.29) is 12.0 Å². The number of nitrogens with zero attached hydrogens (tertiary/aromatic N) is 1. The van der Waals surface area contributed by atoms with Crippen LogP contribution in [0.4, 0.5) is 0 Å². The van der Waals surface area contributed by atoms with E-state index in [1.165, 1.54) is 5.56 Å². The normalized spacial score (nSPS) is 28.4. The van der Waals surface area contributed by atoms with Crippen LogP contribution in [0.3, 0.4) is 0 Å². The van der Waals surface area contributed by atoms with Gasteiger partial charge in [0, 0.05) is 13.0 Å². The van der Waals surface area contributed by atoms with Crippen molar-refractivity contribution in [2.75, 3.05) is 6.61 Å². The first-order valence-electron chi connectivity index (χ1n) is 7.14. The second kappa shape index (κ2) is 5.26. The topological polar surface area (TPSA) is 62.1 Å². The van der Waals surface area contributed by atoms with Crippen molar-refractivity contribution in [1.82, 2.24) is 5.32 Å². The number of carbonyl (C=O) groups excluding carboxylic acids is 1. The molecule has 1 N–H and O–H groups in total. The van der Waals surface area contributed by atoms with Gasteiger partial charge in [-0.15, -0.1) is 0 Å². The van der Waals surface area contributed by atoms with Crippen LogP contribution in [-0.2, 0) is 22.4 Å². The van der Waals surface area contributed by atoms with Gasteiger partial charge in [-0.2, -0.15) is 5.26 Å². The van der Waals surface area contributed by atoms with Crippen LogP contribution in [0.15, 0.2) is 24.3 Å². The fraction of sp³-hybridized carbons (Fsp3) is 0.500. The first-order chi connectivity index (χ1) is 9.72. The predicted octanol–water partition coefficient (Wildman–Crippen LogP) is 1.73. The molecule has 2 aliphatic rings. The monoisotopic (exact) mass is 270 g/mol. The molecule has 0 aromatic heterocycles. The third-order valence-electron chi connectivity index (χ3n) is 4.23. The van der Waals surface area contributed by atoms with E-state index in [1.54, 1.807) is 0 Å². The van der Waals surface area contributed by atoms with Crippen molar-refractivity contribution < 1.29 is 9.53 Å². The van der Waals surface area contributed by atoms with Gasteiger partial charge in [0.2, 0.25) is 5.91 Å². The predicted molar refractivity (Wildman–Crippen MR) is 73.9 cm³/mol. The molecule has 2 atom stereocenters. The zero-order valence-corrected chi connectivity index (χ0v) is 11.4. The summed E-state index contributed by atoms with van der Waals surface area (Å²) in [6, 6.07) is 10.5. The van der Waals surface area contributed by atoms with E-state index in [0.717, 1.165) is 24.8 Å². The third kappa shape index (κ3) is 2.41. The van der Waals surface area contributed by atoms with Crippen molar-refractivity contribution in [1.29, 1.82) is 5.26 Å². The molecule has 1 heterocycles. The largest absolute Gasteiger partial charge is 0.368 e. The van der Waals surface area contributed by atoms with Crippen LogP contribution >= 0.6 is 0 Å². The molecule has 1 aliphatic heterocycles. The quantitative estimate of drug-likeness (QED) is 0.890. The van der Waals surface area contributed by atoms with Gasteiger partial charge >= 0.3 is 0 Å². The fourth-order valence-corrected chi connectivity index (χ4v) is 3.07. The molecule has 1 fully saturated rings. The molecule has 0 unspecified atom stereocenters. The minimum Gasteiger partial charge on any atom is -0.368 e. The molecule has 1 aliphatic carbocycles.